The van der Waals surface area contributed by atoms with Crippen LogP contribution in [0, 0.1) is 0 Å². The molecule has 0 radical (unpaired) electrons. The van der Waals surface area contributed by atoms with Gasteiger partial charge in [-0.25, -0.2) is 0 Å². The monoisotopic (exact) mass is 343 g/mol. The number of carbonyl (C=O) groups is 1. The molecule has 1 amide bonds. The lowest BCUT2D eigenvalue weighted by atomic mass is 10.2. The van der Waals surface area contributed by atoms with Crippen LogP contribution in [0.1, 0.15) is 15.9 Å². The quantitative estimate of drug-likeness (QED) is 0.876. The fourth-order valence-corrected chi connectivity index (χ4v) is 2.07. The first kappa shape index (κ1) is 17.9. The number of amides is 1. The molecule has 1 aromatic heterocycles. The maximum Gasteiger partial charge on any atom is 0.419 e. The van der Waals surface area contributed by atoms with Gasteiger partial charge < -0.3 is 19.2 Å². The molecule has 1 aromatic carbocycles. The largest absolute Gasteiger partial charge is 0.490 e. The SMILES string of the molecule is CN(CC(O)COc1ccccc1C(F)(F)F)C(=O)c1ccoc1. The van der Waals surface area contributed by atoms with Crippen molar-refractivity contribution >= 4 is 5.91 Å². The van der Waals surface area contributed by atoms with Crippen LogP contribution in [0.3, 0.4) is 0 Å². The summed E-state index contributed by atoms with van der Waals surface area (Å²) in [5.41, 5.74) is -0.604. The summed E-state index contributed by atoms with van der Waals surface area (Å²) in [5, 5.41) is 9.90. The topological polar surface area (TPSA) is 62.9 Å². The van der Waals surface area contributed by atoms with Crippen LogP contribution >= 0.6 is 0 Å². The van der Waals surface area contributed by atoms with Crippen molar-refractivity contribution in [3.8, 4) is 5.75 Å². The van der Waals surface area contributed by atoms with E-state index in [1.807, 2.05) is 0 Å². The van der Waals surface area contributed by atoms with Gasteiger partial charge in [-0.2, -0.15) is 13.2 Å². The average molecular weight is 343 g/mol. The summed E-state index contributed by atoms with van der Waals surface area (Å²) in [6, 6.07) is 6.21. The van der Waals surface area contributed by atoms with E-state index < -0.39 is 17.8 Å². The number of carbonyl (C=O) groups excluding carboxylic acids is 1. The first-order valence-electron chi connectivity index (χ1n) is 7.04. The highest BCUT2D eigenvalue weighted by atomic mass is 19.4. The second-order valence-electron chi connectivity index (χ2n) is 5.16. The molecule has 8 heteroatoms. The van der Waals surface area contributed by atoms with Crippen LogP contribution in [0.4, 0.5) is 13.2 Å². The zero-order valence-corrected chi connectivity index (χ0v) is 12.8. The lowest BCUT2D eigenvalue weighted by Crippen LogP contribution is -2.37. The Kier molecular flexibility index (Phi) is 5.50. The predicted octanol–water partition coefficient (Wildman–Crippen LogP) is 2.81. The highest BCUT2D eigenvalue weighted by Gasteiger charge is 2.34. The van der Waals surface area contributed by atoms with Crippen LogP contribution in [-0.2, 0) is 6.18 Å². The second kappa shape index (κ2) is 7.39. The van der Waals surface area contributed by atoms with Crippen molar-refractivity contribution in [3.63, 3.8) is 0 Å². The normalized spacial score (nSPS) is 12.7. The highest BCUT2D eigenvalue weighted by Crippen LogP contribution is 2.35. The Morgan fingerprint density at radius 3 is 2.67 bits per heavy atom. The van der Waals surface area contributed by atoms with Gasteiger partial charge in [0.1, 0.15) is 24.7 Å². The number of hydrogen-bond acceptors (Lipinski definition) is 4. The predicted molar refractivity (Wildman–Crippen MR) is 78.6 cm³/mol. The number of nitrogens with zero attached hydrogens (tertiary/aromatic N) is 1. The smallest absolute Gasteiger partial charge is 0.419 e. The number of likely N-dealkylation sites (N-methyl/N-ethyl adjacent to an activating group) is 1. The minimum Gasteiger partial charge on any atom is -0.490 e. The number of aliphatic hydroxyl groups excluding tert-OH is 1. The molecule has 1 N–H and O–H groups in total. The van der Waals surface area contributed by atoms with Crippen LogP contribution in [0.25, 0.3) is 0 Å². The first-order chi connectivity index (χ1) is 11.3. The number of hydrogen-bond donors (Lipinski definition) is 1. The molecule has 24 heavy (non-hydrogen) atoms. The van der Waals surface area contributed by atoms with Gasteiger partial charge in [0.25, 0.3) is 5.91 Å². The Hall–Kier alpha value is -2.48. The zero-order valence-electron chi connectivity index (χ0n) is 12.8. The molecule has 0 fully saturated rings. The molecule has 2 aromatic rings. The maximum absolute atomic E-state index is 12.8. The molecular formula is C16H16F3NO4. The lowest BCUT2D eigenvalue weighted by Gasteiger charge is -2.21. The van der Waals surface area contributed by atoms with Crippen molar-refractivity contribution < 1.29 is 32.2 Å². The van der Waals surface area contributed by atoms with E-state index in [1.165, 1.54) is 48.7 Å². The van der Waals surface area contributed by atoms with Gasteiger partial charge in [0.15, 0.2) is 0 Å². The molecule has 0 aliphatic carbocycles. The van der Waals surface area contributed by atoms with Gasteiger partial charge in [-0.1, -0.05) is 12.1 Å². The van der Waals surface area contributed by atoms with E-state index in [9.17, 15) is 23.1 Å². The Bertz CT molecular complexity index is 670. The van der Waals surface area contributed by atoms with Gasteiger partial charge in [-0.15, -0.1) is 0 Å². The van der Waals surface area contributed by atoms with Crippen LogP contribution in [0.15, 0.2) is 47.3 Å². The molecule has 130 valence electrons. The molecule has 1 atom stereocenters. The number of alkyl halides is 3. The van der Waals surface area contributed by atoms with Crippen molar-refractivity contribution in [2.45, 2.75) is 12.3 Å². The molecule has 0 aliphatic rings. The summed E-state index contributed by atoms with van der Waals surface area (Å²) in [4.78, 5) is 13.2. The number of ether oxygens (including phenoxy) is 1. The molecule has 2 rings (SSSR count). The van der Waals surface area contributed by atoms with E-state index in [0.717, 1.165) is 6.07 Å². The fraction of sp³-hybridized carbons (Fsp3) is 0.312. The molecule has 0 saturated heterocycles. The van der Waals surface area contributed by atoms with Crippen molar-refractivity contribution in [1.82, 2.24) is 4.90 Å². The lowest BCUT2D eigenvalue weighted by molar-refractivity contribution is -0.139. The number of benzene rings is 1. The Balaban J connectivity index is 1.92. The highest BCUT2D eigenvalue weighted by molar-refractivity contribution is 5.93. The molecule has 0 spiro atoms. The number of para-hydroxylation sites is 1. The van der Waals surface area contributed by atoms with Gasteiger partial charge in [0.2, 0.25) is 0 Å². The zero-order chi connectivity index (χ0) is 17.7. The molecule has 0 aliphatic heterocycles. The summed E-state index contributed by atoms with van der Waals surface area (Å²) in [6.45, 7) is -0.478. The molecule has 1 unspecified atom stereocenters. The summed E-state index contributed by atoms with van der Waals surface area (Å²) in [5.74, 6) is -0.744. The summed E-state index contributed by atoms with van der Waals surface area (Å²) in [7, 11) is 1.46. The van der Waals surface area contributed by atoms with Gasteiger partial charge in [-0.3, -0.25) is 4.79 Å². The molecule has 0 bridgehead atoms. The summed E-state index contributed by atoms with van der Waals surface area (Å²) >= 11 is 0. The third-order valence-electron chi connectivity index (χ3n) is 3.22. The third kappa shape index (κ3) is 4.51. The minimum atomic E-state index is -4.55. The van der Waals surface area contributed by atoms with E-state index in [-0.39, 0.29) is 24.8 Å². The van der Waals surface area contributed by atoms with Crippen LogP contribution in [-0.4, -0.2) is 42.2 Å². The fourth-order valence-electron chi connectivity index (χ4n) is 2.07. The number of aliphatic hydroxyl groups is 1. The van der Waals surface area contributed by atoms with Crippen molar-refractivity contribution in [2.24, 2.45) is 0 Å². The maximum atomic E-state index is 12.8. The van der Waals surface area contributed by atoms with Gasteiger partial charge >= 0.3 is 6.18 Å². The molecular weight excluding hydrogens is 327 g/mol. The molecule has 5 nitrogen and oxygen atoms in total. The summed E-state index contributed by atoms with van der Waals surface area (Å²) < 4.78 is 48.4. The Labute approximate surface area is 136 Å². The van der Waals surface area contributed by atoms with E-state index in [2.05, 4.69) is 0 Å². The molecule has 1 heterocycles. The van der Waals surface area contributed by atoms with Crippen molar-refractivity contribution in [2.75, 3.05) is 20.2 Å². The van der Waals surface area contributed by atoms with E-state index in [0.29, 0.717) is 5.56 Å². The van der Waals surface area contributed by atoms with E-state index in [1.54, 1.807) is 0 Å². The number of rotatable bonds is 6. The van der Waals surface area contributed by atoms with E-state index >= 15 is 0 Å². The minimum absolute atomic E-state index is 0.0990. The van der Waals surface area contributed by atoms with Gasteiger partial charge in [0, 0.05) is 13.6 Å². The van der Waals surface area contributed by atoms with Crippen LogP contribution in [0.5, 0.6) is 5.75 Å². The number of furan rings is 1. The van der Waals surface area contributed by atoms with Gasteiger partial charge in [-0.05, 0) is 18.2 Å². The van der Waals surface area contributed by atoms with Gasteiger partial charge in [0.05, 0.1) is 17.4 Å². The third-order valence-corrected chi connectivity index (χ3v) is 3.22. The second-order valence-corrected chi connectivity index (χ2v) is 5.16. The summed E-state index contributed by atoms with van der Waals surface area (Å²) in [6.07, 6.45) is -3.09. The van der Waals surface area contributed by atoms with Crippen molar-refractivity contribution in [3.05, 3.63) is 54.0 Å². The standard InChI is InChI=1S/C16H16F3NO4/c1-20(15(22)11-6-7-23-9-11)8-12(21)10-24-14-5-3-2-4-13(14)16(17,18)19/h2-7,9,12,21H,8,10H2,1H3. The average Bonchev–Trinajstić information content (AvgIpc) is 3.06. The van der Waals surface area contributed by atoms with Crippen LogP contribution in [0.2, 0.25) is 0 Å². The first-order valence-corrected chi connectivity index (χ1v) is 7.04. The van der Waals surface area contributed by atoms with Crippen LogP contribution < -0.4 is 4.74 Å². The van der Waals surface area contributed by atoms with Crippen molar-refractivity contribution in [1.29, 1.82) is 0 Å². The Morgan fingerprint density at radius 1 is 1.33 bits per heavy atom. The Morgan fingerprint density at radius 2 is 2.04 bits per heavy atom. The van der Waals surface area contributed by atoms with E-state index in [4.69, 9.17) is 9.15 Å². The number of halogens is 3. The molecule has 0 saturated carbocycles.